The van der Waals surface area contributed by atoms with E-state index in [9.17, 15) is 9.59 Å². The van der Waals surface area contributed by atoms with Gasteiger partial charge in [-0.3, -0.25) is 4.79 Å². The molecule has 0 radical (unpaired) electrons. The van der Waals surface area contributed by atoms with E-state index in [0.717, 1.165) is 47.7 Å². The number of rotatable bonds is 3. The molecule has 0 spiro atoms. The van der Waals surface area contributed by atoms with Gasteiger partial charge >= 0.3 is 5.97 Å². The third kappa shape index (κ3) is 3.33. The fourth-order valence-electron chi connectivity index (χ4n) is 3.51. The SMILES string of the molecule is C[C@@H]1CCCN(C(=O)COC(=O)c2cc3c(s2)-c2ccccc2OC3)C1. The molecule has 1 atom stereocenters. The smallest absolute Gasteiger partial charge is 0.348 e. The van der Waals surface area contributed by atoms with E-state index < -0.39 is 5.97 Å². The lowest BCUT2D eigenvalue weighted by Gasteiger charge is -2.30. The van der Waals surface area contributed by atoms with Crippen LogP contribution in [0.2, 0.25) is 0 Å². The molecule has 1 amide bonds. The lowest BCUT2D eigenvalue weighted by Crippen LogP contribution is -2.41. The van der Waals surface area contributed by atoms with Crippen molar-refractivity contribution in [1.29, 1.82) is 0 Å². The van der Waals surface area contributed by atoms with Gasteiger partial charge < -0.3 is 14.4 Å². The highest BCUT2D eigenvalue weighted by molar-refractivity contribution is 7.17. The predicted molar refractivity (Wildman–Crippen MR) is 99.3 cm³/mol. The molecule has 0 bridgehead atoms. The molecular weight excluding hydrogens is 350 g/mol. The van der Waals surface area contributed by atoms with Gasteiger partial charge in [-0.25, -0.2) is 4.79 Å². The Kier molecular flexibility index (Phi) is 4.68. The van der Waals surface area contributed by atoms with Gasteiger partial charge in [0.25, 0.3) is 5.91 Å². The van der Waals surface area contributed by atoms with Gasteiger partial charge in [0.05, 0.1) is 0 Å². The van der Waals surface area contributed by atoms with Crippen LogP contribution in [0.5, 0.6) is 5.75 Å². The summed E-state index contributed by atoms with van der Waals surface area (Å²) in [7, 11) is 0. The lowest BCUT2D eigenvalue weighted by molar-refractivity contribution is -0.136. The molecule has 1 saturated heterocycles. The minimum Gasteiger partial charge on any atom is -0.488 e. The van der Waals surface area contributed by atoms with Crippen molar-refractivity contribution in [2.75, 3.05) is 19.7 Å². The van der Waals surface area contributed by atoms with Gasteiger partial charge in [-0.1, -0.05) is 19.1 Å². The molecule has 2 aliphatic rings. The number of piperidine rings is 1. The zero-order valence-corrected chi connectivity index (χ0v) is 15.5. The van der Waals surface area contributed by atoms with E-state index in [1.165, 1.54) is 11.3 Å². The maximum absolute atomic E-state index is 12.4. The number of ether oxygens (including phenoxy) is 2. The Labute approximate surface area is 156 Å². The fraction of sp³-hybridized carbons (Fsp3) is 0.400. The van der Waals surface area contributed by atoms with Gasteiger partial charge in [0.1, 0.15) is 17.2 Å². The number of para-hydroxylation sites is 1. The number of esters is 1. The summed E-state index contributed by atoms with van der Waals surface area (Å²) in [6.07, 6.45) is 2.16. The first-order valence-corrected chi connectivity index (χ1v) is 9.73. The summed E-state index contributed by atoms with van der Waals surface area (Å²) in [6.45, 7) is 3.89. The highest BCUT2D eigenvalue weighted by Crippen LogP contribution is 2.42. The number of carbonyl (C=O) groups is 2. The molecule has 6 heteroatoms. The topological polar surface area (TPSA) is 55.8 Å². The number of amides is 1. The van der Waals surface area contributed by atoms with Crippen molar-refractivity contribution in [1.82, 2.24) is 4.90 Å². The summed E-state index contributed by atoms with van der Waals surface area (Å²) in [5.74, 6) is 0.781. The molecule has 2 aromatic rings. The second-order valence-electron chi connectivity index (χ2n) is 6.91. The van der Waals surface area contributed by atoms with E-state index in [0.29, 0.717) is 17.4 Å². The molecule has 136 valence electrons. The van der Waals surface area contributed by atoms with Crippen molar-refractivity contribution in [2.24, 2.45) is 5.92 Å². The summed E-state index contributed by atoms with van der Waals surface area (Å²) in [6, 6.07) is 9.60. The van der Waals surface area contributed by atoms with E-state index in [4.69, 9.17) is 9.47 Å². The molecule has 0 N–H and O–H groups in total. The largest absolute Gasteiger partial charge is 0.488 e. The van der Waals surface area contributed by atoms with Crippen LogP contribution in [-0.2, 0) is 16.1 Å². The summed E-state index contributed by atoms with van der Waals surface area (Å²) < 4.78 is 11.0. The van der Waals surface area contributed by atoms with E-state index in [1.54, 1.807) is 4.90 Å². The number of hydrogen-bond acceptors (Lipinski definition) is 5. The van der Waals surface area contributed by atoms with E-state index in [-0.39, 0.29) is 12.5 Å². The molecule has 4 rings (SSSR count). The third-order valence-corrected chi connectivity index (χ3v) is 6.05. The number of likely N-dealkylation sites (tertiary alicyclic amines) is 1. The van der Waals surface area contributed by atoms with Crippen molar-refractivity contribution >= 4 is 23.2 Å². The second-order valence-corrected chi connectivity index (χ2v) is 7.97. The van der Waals surface area contributed by atoms with E-state index >= 15 is 0 Å². The standard InChI is InChI=1S/C20H21NO4S/c1-13-5-4-8-21(10-13)18(22)12-25-20(23)17-9-14-11-24-16-7-3-2-6-15(16)19(14)26-17/h2-3,6-7,9,13H,4-5,8,10-12H2,1H3/t13-/m1/s1. The molecule has 0 unspecified atom stereocenters. The summed E-state index contributed by atoms with van der Waals surface area (Å²) in [4.78, 5) is 28.0. The lowest BCUT2D eigenvalue weighted by atomic mass is 10.0. The maximum atomic E-state index is 12.4. The van der Waals surface area contributed by atoms with Crippen LogP contribution >= 0.6 is 11.3 Å². The van der Waals surface area contributed by atoms with Crippen LogP contribution in [0.3, 0.4) is 0 Å². The van der Waals surface area contributed by atoms with Crippen molar-refractivity contribution < 1.29 is 19.1 Å². The Bertz CT molecular complexity index is 844. The number of carbonyl (C=O) groups excluding carboxylic acids is 2. The number of nitrogens with zero attached hydrogens (tertiary/aromatic N) is 1. The number of hydrogen-bond donors (Lipinski definition) is 0. The van der Waals surface area contributed by atoms with Gasteiger partial charge in [0.15, 0.2) is 6.61 Å². The first-order chi connectivity index (χ1) is 12.6. The minimum atomic E-state index is -0.444. The van der Waals surface area contributed by atoms with Gasteiger partial charge in [-0.15, -0.1) is 11.3 Å². The van der Waals surface area contributed by atoms with Crippen molar-refractivity contribution in [3.8, 4) is 16.2 Å². The van der Waals surface area contributed by atoms with Crippen LogP contribution in [0.25, 0.3) is 10.4 Å². The van der Waals surface area contributed by atoms with Crippen molar-refractivity contribution in [2.45, 2.75) is 26.4 Å². The molecule has 1 aromatic carbocycles. The molecule has 0 aliphatic carbocycles. The van der Waals surface area contributed by atoms with Crippen LogP contribution < -0.4 is 4.74 Å². The summed E-state index contributed by atoms with van der Waals surface area (Å²) >= 11 is 1.39. The van der Waals surface area contributed by atoms with Crippen LogP contribution in [0.4, 0.5) is 0 Å². The first kappa shape index (κ1) is 17.1. The van der Waals surface area contributed by atoms with Gasteiger partial charge in [-0.2, -0.15) is 0 Å². The summed E-state index contributed by atoms with van der Waals surface area (Å²) in [5, 5.41) is 0. The Balaban J connectivity index is 1.42. The average Bonchev–Trinajstić information content (AvgIpc) is 3.11. The molecule has 1 fully saturated rings. The predicted octanol–water partition coefficient (Wildman–Crippen LogP) is 3.72. The van der Waals surface area contributed by atoms with E-state index in [2.05, 4.69) is 6.92 Å². The Hall–Kier alpha value is -2.34. The Morgan fingerprint density at radius 2 is 2.19 bits per heavy atom. The fourth-order valence-corrected chi connectivity index (χ4v) is 4.60. The second kappa shape index (κ2) is 7.11. The monoisotopic (exact) mass is 371 g/mol. The Morgan fingerprint density at radius 1 is 1.35 bits per heavy atom. The number of thiophene rings is 1. The van der Waals surface area contributed by atoms with Crippen LogP contribution in [0.1, 0.15) is 35.0 Å². The van der Waals surface area contributed by atoms with Crippen molar-refractivity contribution in [3.05, 3.63) is 40.8 Å². The molecule has 0 saturated carbocycles. The van der Waals surface area contributed by atoms with Gasteiger partial charge in [-0.05, 0) is 37.0 Å². The maximum Gasteiger partial charge on any atom is 0.348 e. The minimum absolute atomic E-state index is 0.111. The molecule has 3 heterocycles. The average molecular weight is 371 g/mol. The molecule has 2 aliphatic heterocycles. The molecule has 1 aromatic heterocycles. The Morgan fingerprint density at radius 3 is 3.04 bits per heavy atom. The quantitative estimate of drug-likeness (QED) is 0.772. The van der Waals surface area contributed by atoms with Crippen molar-refractivity contribution in [3.63, 3.8) is 0 Å². The highest BCUT2D eigenvalue weighted by Gasteiger charge is 2.25. The third-order valence-electron chi connectivity index (χ3n) is 4.86. The molecular formula is C20H21NO4S. The first-order valence-electron chi connectivity index (χ1n) is 8.91. The molecule has 5 nitrogen and oxygen atoms in total. The molecule has 26 heavy (non-hydrogen) atoms. The van der Waals surface area contributed by atoms with Gasteiger partial charge in [0.2, 0.25) is 0 Å². The highest BCUT2D eigenvalue weighted by atomic mass is 32.1. The van der Waals surface area contributed by atoms with Crippen LogP contribution in [0, 0.1) is 5.92 Å². The normalized spacial score (nSPS) is 18.5. The van der Waals surface area contributed by atoms with Crippen LogP contribution in [-0.4, -0.2) is 36.5 Å². The van der Waals surface area contributed by atoms with E-state index in [1.807, 2.05) is 30.3 Å². The number of fused-ring (bicyclic) bond motifs is 3. The van der Waals surface area contributed by atoms with Gasteiger partial charge in [0, 0.05) is 29.1 Å². The zero-order valence-electron chi connectivity index (χ0n) is 14.7. The summed E-state index contributed by atoms with van der Waals surface area (Å²) in [5.41, 5.74) is 1.98. The zero-order chi connectivity index (χ0) is 18.1. The van der Waals surface area contributed by atoms with Crippen LogP contribution in [0.15, 0.2) is 30.3 Å². The number of benzene rings is 1.